The molecule has 2 saturated carbocycles. The Labute approximate surface area is 120 Å². The van der Waals surface area contributed by atoms with Crippen molar-refractivity contribution in [1.29, 1.82) is 0 Å². The quantitative estimate of drug-likeness (QED) is 0.817. The molecule has 2 aliphatic rings. The Kier molecular flexibility index (Phi) is 6.15. The van der Waals surface area contributed by atoms with Crippen molar-refractivity contribution >= 4 is 0 Å². The summed E-state index contributed by atoms with van der Waals surface area (Å²) in [4.78, 5) is 2.61. The topological polar surface area (TPSA) is 15.3 Å². The molecule has 2 fully saturated rings. The van der Waals surface area contributed by atoms with E-state index in [9.17, 15) is 0 Å². The number of nitrogens with one attached hydrogen (secondary N) is 1. The molecule has 0 bridgehead atoms. The van der Waals surface area contributed by atoms with Gasteiger partial charge in [0.25, 0.3) is 0 Å². The van der Waals surface area contributed by atoms with Gasteiger partial charge < -0.3 is 10.2 Å². The van der Waals surface area contributed by atoms with Crippen molar-refractivity contribution in [3.05, 3.63) is 0 Å². The highest BCUT2D eigenvalue weighted by Crippen LogP contribution is 2.26. The van der Waals surface area contributed by atoms with Gasteiger partial charge in [-0.05, 0) is 57.4 Å². The van der Waals surface area contributed by atoms with Crippen LogP contribution < -0.4 is 5.32 Å². The van der Waals surface area contributed by atoms with Gasteiger partial charge in [-0.3, -0.25) is 0 Å². The van der Waals surface area contributed by atoms with E-state index < -0.39 is 0 Å². The standard InChI is InChI=1S/C17H34N2/c1-14-7-9-16(10-8-14)18-11-12-19(3)17-6-4-5-15(2)13-17/h14-18H,4-13H2,1-3H3. The normalized spacial score (nSPS) is 36.6. The zero-order valence-corrected chi connectivity index (χ0v) is 13.3. The first-order valence-electron chi connectivity index (χ1n) is 8.58. The van der Waals surface area contributed by atoms with E-state index in [4.69, 9.17) is 0 Å². The molecule has 0 aromatic carbocycles. The molecule has 1 N–H and O–H groups in total. The molecule has 0 radical (unpaired) electrons. The highest BCUT2D eigenvalue weighted by Gasteiger charge is 2.22. The highest BCUT2D eigenvalue weighted by atomic mass is 15.1. The van der Waals surface area contributed by atoms with Gasteiger partial charge in [-0.1, -0.05) is 26.7 Å². The molecule has 2 aliphatic carbocycles. The summed E-state index contributed by atoms with van der Waals surface area (Å²) in [5, 5.41) is 3.78. The molecule has 2 unspecified atom stereocenters. The van der Waals surface area contributed by atoms with Gasteiger partial charge in [-0.15, -0.1) is 0 Å². The van der Waals surface area contributed by atoms with Crippen LogP contribution >= 0.6 is 0 Å². The third kappa shape index (κ3) is 5.07. The van der Waals surface area contributed by atoms with Gasteiger partial charge in [0.1, 0.15) is 0 Å². The average Bonchev–Trinajstić information content (AvgIpc) is 2.41. The summed E-state index contributed by atoms with van der Waals surface area (Å²) in [6, 6.07) is 1.65. The zero-order valence-electron chi connectivity index (χ0n) is 13.3. The largest absolute Gasteiger partial charge is 0.313 e. The Bertz CT molecular complexity index is 246. The van der Waals surface area contributed by atoms with Crippen molar-refractivity contribution in [3.8, 4) is 0 Å². The molecule has 0 aliphatic heterocycles. The van der Waals surface area contributed by atoms with Crippen LogP contribution in [0, 0.1) is 11.8 Å². The molecule has 2 rings (SSSR count). The van der Waals surface area contributed by atoms with Crippen LogP contribution in [0.2, 0.25) is 0 Å². The summed E-state index contributed by atoms with van der Waals surface area (Å²) in [6.07, 6.45) is 11.4. The SMILES string of the molecule is CC1CCC(NCCN(C)C2CCCC(C)C2)CC1. The third-order valence-corrected chi connectivity index (χ3v) is 5.45. The Morgan fingerprint density at radius 2 is 1.68 bits per heavy atom. The lowest BCUT2D eigenvalue weighted by Gasteiger charge is -2.35. The Balaban J connectivity index is 1.59. The fourth-order valence-corrected chi connectivity index (χ4v) is 3.89. The van der Waals surface area contributed by atoms with E-state index in [-0.39, 0.29) is 0 Å². The molecule has 0 heterocycles. The molecule has 0 aromatic heterocycles. The monoisotopic (exact) mass is 266 g/mol. The first-order valence-corrected chi connectivity index (χ1v) is 8.58. The molecular weight excluding hydrogens is 232 g/mol. The second-order valence-corrected chi connectivity index (χ2v) is 7.32. The highest BCUT2D eigenvalue weighted by molar-refractivity contribution is 4.79. The first kappa shape index (κ1) is 15.3. The molecule has 0 aromatic rings. The van der Waals surface area contributed by atoms with Gasteiger partial charge in [0.2, 0.25) is 0 Å². The number of hydrogen-bond donors (Lipinski definition) is 1. The number of rotatable bonds is 5. The van der Waals surface area contributed by atoms with E-state index in [0.29, 0.717) is 0 Å². The summed E-state index contributed by atoms with van der Waals surface area (Å²) in [6.45, 7) is 7.22. The predicted octanol–water partition coefficient (Wildman–Crippen LogP) is 3.67. The second-order valence-electron chi connectivity index (χ2n) is 7.32. The van der Waals surface area contributed by atoms with Crippen LogP contribution in [0.1, 0.15) is 65.2 Å². The maximum atomic E-state index is 3.78. The smallest absolute Gasteiger partial charge is 0.0107 e. The lowest BCUT2D eigenvalue weighted by Crippen LogP contribution is -2.42. The van der Waals surface area contributed by atoms with Crippen LogP contribution in [-0.2, 0) is 0 Å². The Morgan fingerprint density at radius 3 is 2.37 bits per heavy atom. The van der Waals surface area contributed by atoms with Crippen LogP contribution in [0.3, 0.4) is 0 Å². The summed E-state index contributed by atoms with van der Waals surface area (Å²) in [5.74, 6) is 1.90. The van der Waals surface area contributed by atoms with Gasteiger partial charge >= 0.3 is 0 Å². The number of likely N-dealkylation sites (N-methyl/N-ethyl adjacent to an activating group) is 1. The van der Waals surface area contributed by atoms with Crippen molar-refractivity contribution < 1.29 is 0 Å². The van der Waals surface area contributed by atoms with E-state index in [1.165, 1.54) is 64.5 Å². The average molecular weight is 266 g/mol. The molecule has 112 valence electrons. The lowest BCUT2D eigenvalue weighted by molar-refractivity contribution is 0.161. The van der Waals surface area contributed by atoms with Crippen LogP contribution in [-0.4, -0.2) is 37.1 Å². The van der Waals surface area contributed by atoms with Crippen molar-refractivity contribution in [2.24, 2.45) is 11.8 Å². The number of hydrogen-bond acceptors (Lipinski definition) is 2. The van der Waals surface area contributed by atoms with E-state index in [1.54, 1.807) is 0 Å². The molecule has 2 heteroatoms. The van der Waals surface area contributed by atoms with Crippen molar-refractivity contribution in [2.75, 3.05) is 20.1 Å². The van der Waals surface area contributed by atoms with Crippen LogP contribution in [0.5, 0.6) is 0 Å². The van der Waals surface area contributed by atoms with Crippen LogP contribution in [0.25, 0.3) is 0 Å². The van der Waals surface area contributed by atoms with Gasteiger partial charge in [-0.2, -0.15) is 0 Å². The maximum Gasteiger partial charge on any atom is 0.0107 e. The Morgan fingerprint density at radius 1 is 0.947 bits per heavy atom. The molecule has 19 heavy (non-hydrogen) atoms. The fraction of sp³-hybridized carbons (Fsp3) is 1.00. The minimum absolute atomic E-state index is 0.801. The fourth-order valence-electron chi connectivity index (χ4n) is 3.89. The molecule has 2 nitrogen and oxygen atoms in total. The number of nitrogens with zero attached hydrogens (tertiary/aromatic N) is 1. The zero-order chi connectivity index (χ0) is 13.7. The van der Waals surface area contributed by atoms with E-state index in [0.717, 1.165) is 23.9 Å². The third-order valence-electron chi connectivity index (χ3n) is 5.45. The molecule has 0 saturated heterocycles. The van der Waals surface area contributed by atoms with Gasteiger partial charge in [-0.25, -0.2) is 0 Å². The van der Waals surface area contributed by atoms with Gasteiger partial charge in [0.05, 0.1) is 0 Å². The summed E-state index contributed by atoms with van der Waals surface area (Å²) >= 11 is 0. The van der Waals surface area contributed by atoms with E-state index in [2.05, 4.69) is 31.1 Å². The van der Waals surface area contributed by atoms with Crippen LogP contribution in [0.4, 0.5) is 0 Å². The van der Waals surface area contributed by atoms with Gasteiger partial charge in [0.15, 0.2) is 0 Å². The van der Waals surface area contributed by atoms with E-state index in [1.807, 2.05) is 0 Å². The van der Waals surface area contributed by atoms with E-state index >= 15 is 0 Å². The summed E-state index contributed by atoms with van der Waals surface area (Å²) < 4.78 is 0. The predicted molar refractivity (Wildman–Crippen MR) is 83.5 cm³/mol. The minimum Gasteiger partial charge on any atom is -0.313 e. The second kappa shape index (κ2) is 7.64. The molecule has 0 amide bonds. The lowest BCUT2D eigenvalue weighted by atomic mass is 9.86. The van der Waals surface area contributed by atoms with Crippen LogP contribution in [0.15, 0.2) is 0 Å². The minimum atomic E-state index is 0.801. The maximum absolute atomic E-state index is 3.78. The van der Waals surface area contributed by atoms with Crippen molar-refractivity contribution in [1.82, 2.24) is 10.2 Å². The molecular formula is C17H34N2. The first-order chi connectivity index (χ1) is 9.15. The molecule has 0 spiro atoms. The van der Waals surface area contributed by atoms with Crippen molar-refractivity contribution in [3.63, 3.8) is 0 Å². The van der Waals surface area contributed by atoms with Gasteiger partial charge in [0, 0.05) is 25.2 Å². The summed E-state index contributed by atoms with van der Waals surface area (Å²) in [5.41, 5.74) is 0. The summed E-state index contributed by atoms with van der Waals surface area (Å²) in [7, 11) is 2.33. The Hall–Kier alpha value is -0.0800. The van der Waals surface area contributed by atoms with Crippen molar-refractivity contribution in [2.45, 2.75) is 77.3 Å². The molecule has 2 atom stereocenters.